The van der Waals surface area contributed by atoms with E-state index in [1.807, 2.05) is 30.3 Å². The third-order valence-electron chi connectivity index (χ3n) is 3.59. The minimum atomic E-state index is -0.224. The number of benzene rings is 2. The second-order valence-corrected chi connectivity index (χ2v) is 6.49. The summed E-state index contributed by atoms with van der Waals surface area (Å²) in [6.45, 7) is 2.00. The zero-order chi connectivity index (χ0) is 18.4. The first-order chi connectivity index (χ1) is 12.6. The third kappa shape index (κ3) is 4.54. The molecular weight excluding hydrogens is 350 g/mol. The maximum Gasteiger partial charge on any atom is 0.234 e. The minimum absolute atomic E-state index is 0.0969. The van der Waals surface area contributed by atoms with Gasteiger partial charge in [-0.05, 0) is 35.0 Å². The zero-order valence-corrected chi connectivity index (χ0v) is 14.9. The van der Waals surface area contributed by atoms with Gasteiger partial charge in [0.1, 0.15) is 0 Å². The van der Waals surface area contributed by atoms with Gasteiger partial charge in [0.15, 0.2) is 5.78 Å². The molecule has 26 heavy (non-hydrogen) atoms. The van der Waals surface area contributed by atoms with E-state index in [2.05, 4.69) is 20.8 Å². The Balaban J connectivity index is 1.61. The number of thioether (sulfide) groups is 1. The number of rotatable bonds is 7. The molecule has 0 bridgehead atoms. The molecule has 132 valence electrons. The summed E-state index contributed by atoms with van der Waals surface area (Å²) in [5.41, 5.74) is 2.07. The van der Waals surface area contributed by atoms with Gasteiger partial charge in [-0.1, -0.05) is 54.2 Å². The number of ketones is 1. The van der Waals surface area contributed by atoms with Crippen LogP contribution in [0, 0.1) is 0 Å². The number of nitrogens with zero attached hydrogens (tertiary/aromatic N) is 4. The maximum absolute atomic E-state index is 12.2. The van der Waals surface area contributed by atoms with Crippen molar-refractivity contribution in [2.75, 3.05) is 11.1 Å². The van der Waals surface area contributed by atoms with E-state index in [0.717, 1.165) is 5.56 Å². The summed E-state index contributed by atoms with van der Waals surface area (Å²) in [5, 5.41) is 14.9. The second-order valence-electron chi connectivity index (χ2n) is 5.54. The predicted molar refractivity (Wildman–Crippen MR) is 99.2 cm³/mol. The molecule has 0 saturated carbocycles. The molecule has 1 N–H and O–H groups in total. The molecule has 0 aliphatic rings. The van der Waals surface area contributed by atoms with E-state index in [9.17, 15) is 9.59 Å². The van der Waals surface area contributed by atoms with Crippen LogP contribution in [0.15, 0.2) is 59.8 Å². The molecule has 0 aliphatic carbocycles. The fraction of sp³-hybridized carbons (Fsp3) is 0.167. The van der Waals surface area contributed by atoms with Gasteiger partial charge in [-0.3, -0.25) is 9.59 Å². The van der Waals surface area contributed by atoms with Crippen LogP contribution in [0.2, 0.25) is 0 Å². The first kappa shape index (κ1) is 17.8. The number of nitrogens with one attached hydrogen (secondary N) is 1. The molecule has 1 amide bonds. The highest BCUT2D eigenvalue weighted by Gasteiger charge is 2.13. The highest BCUT2D eigenvalue weighted by Crippen LogP contribution is 2.18. The first-order valence-corrected chi connectivity index (χ1v) is 8.95. The van der Waals surface area contributed by atoms with Crippen LogP contribution in [0.25, 0.3) is 0 Å². The van der Waals surface area contributed by atoms with Crippen LogP contribution < -0.4 is 5.32 Å². The molecule has 1 aromatic heterocycles. The van der Waals surface area contributed by atoms with Gasteiger partial charge in [0, 0.05) is 5.56 Å². The van der Waals surface area contributed by atoms with Crippen molar-refractivity contribution in [1.82, 2.24) is 20.2 Å². The van der Waals surface area contributed by atoms with Crippen molar-refractivity contribution in [2.45, 2.75) is 18.6 Å². The summed E-state index contributed by atoms with van der Waals surface area (Å²) in [7, 11) is 0. The predicted octanol–water partition coefficient (Wildman–Crippen LogP) is 2.65. The number of anilines is 1. The molecule has 7 nitrogen and oxygen atoms in total. The van der Waals surface area contributed by atoms with Gasteiger partial charge in [-0.15, -0.1) is 5.10 Å². The summed E-state index contributed by atoms with van der Waals surface area (Å²) in [5.74, 6) is -0.181. The number of carbonyl (C=O) groups is 2. The van der Waals surface area contributed by atoms with E-state index < -0.39 is 0 Å². The summed E-state index contributed by atoms with van der Waals surface area (Å²) >= 11 is 1.24. The number of Topliss-reactive ketones (excluding diaryl/α,β-unsaturated/α-hetero) is 1. The standard InChI is InChI=1S/C18H17N5O2S/c1-13(24)15-9-5-6-10-16(15)19-17(25)12-26-18-20-21-22-23(18)11-14-7-3-2-4-8-14/h2-10H,11-12H2,1H3,(H,19,25). The number of tetrazole rings is 1. The smallest absolute Gasteiger partial charge is 0.234 e. The molecule has 1 heterocycles. The van der Waals surface area contributed by atoms with Crippen LogP contribution >= 0.6 is 11.8 Å². The molecule has 3 rings (SSSR count). The van der Waals surface area contributed by atoms with E-state index in [4.69, 9.17) is 0 Å². The van der Waals surface area contributed by atoms with Gasteiger partial charge < -0.3 is 5.32 Å². The average Bonchev–Trinajstić information content (AvgIpc) is 3.08. The summed E-state index contributed by atoms with van der Waals surface area (Å²) in [4.78, 5) is 23.9. The van der Waals surface area contributed by atoms with E-state index >= 15 is 0 Å². The quantitative estimate of drug-likeness (QED) is 0.510. The second kappa shape index (κ2) is 8.39. The Morgan fingerprint density at radius 2 is 1.81 bits per heavy atom. The Kier molecular flexibility index (Phi) is 5.75. The maximum atomic E-state index is 12.2. The highest BCUT2D eigenvalue weighted by molar-refractivity contribution is 7.99. The first-order valence-electron chi connectivity index (χ1n) is 7.96. The Morgan fingerprint density at radius 1 is 1.08 bits per heavy atom. The highest BCUT2D eigenvalue weighted by atomic mass is 32.2. The van der Waals surface area contributed by atoms with Crippen molar-refractivity contribution in [1.29, 1.82) is 0 Å². The molecule has 0 atom stereocenters. The number of hydrogen-bond donors (Lipinski definition) is 1. The minimum Gasteiger partial charge on any atom is -0.325 e. The molecule has 3 aromatic rings. The lowest BCUT2D eigenvalue weighted by Gasteiger charge is -2.09. The summed E-state index contributed by atoms with van der Waals surface area (Å²) < 4.78 is 1.65. The molecule has 8 heteroatoms. The fourth-order valence-corrected chi connectivity index (χ4v) is 3.05. The normalized spacial score (nSPS) is 10.5. The van der Waals surface area contributed by atoms with Crippen LogP contribution in [-0.4, -0.2) is 37.7 Å². The van der Waals surface area contributed by atoms with Gasteiger partial charge in [0.25, 0.3) is 0 Å². The van der Waals surface area contributed by atoms with Crippen molar-refractivity contribution in [3.05, 3.63) is 65.7 Å². The fourth-order valence-electron chi connectivity index (χ4n) is 2.37. The lowest BCUT2D eigenvalue weighted by molar-refractivity contribution is -0.113. The molecule has 0 fully saturated rings. The molecular formula is C18H17N5O2S. The molecule has 0 spiro atoms. The Hall–Kier alpha value is -3.00. The van der Waals surface area contributed by atoms with Gasteiger partial charge in [-0.25, -0.2) is 4.68 Å². The summed E-state index contributed by atoms with van der Waals surface area (Å²) in [6, 6.07) is 16.8. The number of hydrogen-bond acceptors (Lipinski definition) is 6. The van der Waals surface area contributed by atoms with Crippen LogP contribution in [0.3, 0.4) is 0 Å². The Morgan fingerprint density at radius 3 is 2.58 bits per heavy atom. The lowest BCUT2D eigenvalue weighted by atomic mass is 10.1. The van der Waals surface area contributed by atoms with Crippen LogP contribution in [0.5, 0.6) is 0 Å². The van der Waals surface area contributed by atoms with Crippen LogP contribution in [0.4, 0.5) is 5.69 Å². The van der Waals surface area contributed by atoms with Gasteiger partial charge >= 0.3 is 0 Å². The van der Waals surface area contributed by atoms with Crippen molar-refractivity contribution in [2.24, 2.45) is 0 Å². The van der Waals surface area contributed by atoms with E-state index in [1.165, 1.54) is 18.7 Å². The largest absolute Gasteiger partial charge is 0.325 e. The average molecular weight is 367 g/mol. The topological polar surface area (TPSA) is 89.8 Å². The number of carbonyl (C=O) groups excluding carboxylic acids is 2. The molecule has 0 unspecified atom stereocenters. The number of amides is 1. The van der Waals surface area contributed by atoms with Crippen molar-refractivity contribution < 1.29 is 9.59 Å². The van der Waals surface area contributed by atoms with Gasteiger partial charge in [-0.2, -0.15) is 0 Å². The third-order valence-corrected chi connectivity index (χ3v) is 4.54. The molecule has 0 radical (unpaired) electrons. The Bertz CT molecular complexity index is 911. The zero-order valence-electron chi connectivity index (χ0n) is 14.1. The van der Waals surface area contributed by atoms with Crippen molar-refractivity contribution in [3.8, 4) is 0 Å². The molecule has 0 saturated heterocycles. The molecule has 2 aromatic carbocycles. The van der Waals surface area contributed by atoms with Crippen LogP contribution in [0.1, 0.15) is 22.8 Å². The summed E-state index contributed by atoms with van der Waals surface area (Å²) in [6.07, 6.45) is 0. The van der Waals surface area contributed by atoms with Crippen molar-refractivity contribution >= 4 is 29.1 Å². The number of aromatic nitrogens is 4. The number of para-hydroxylation sites is 1. The van der Waals surface area contributed by atoms with Gasteiger partial charge in [0.05, 0.1) is 18.0 Å². The van der Waals surface area contributed by atoms with E-state index in [-0.39, 0.29) is 17.4 Å². The molecule has 0 aliphatic heterocycles. The van der Waals surface area contributed by atoms with E-state index in [0.29, 0.717) is 23.0 Å². The monoisotopic (exact) mass is 367 g/mol. The van der Waals surface area contributed by atoms with E-state index in [1.54, 1.807) is 28.9 Å². The SMILES string of the molecule is CC(=O)c1ccccc1NC(=O)CSc1nnnn1Cc1ccccc1. The lowest BCUT2D eigenvalue weighted by Crippen LogP contribution is -2.16. The van der Waals surface area contributed by atoms with Crippen molar-refractivity contribution in [3.63, 3.8) is 0 Å². The van der Waals surface area contributed by atoms with Crippen LogP contribution in [-0.2, 0) is 11.3 Å². The van der Waals surface area contributed by atoms with Gasteiger partial charge in [0.2, 0.25) is 11.1 Å². The Labute approximate surface area is 154 Å².